The van der Waals surface area contributed by atoms with Gasteiger partial charge in [0.25, 0.3) is 0 Å². The van der Waals surface area contributed by atoms with Crippen LogP contribution in [0, 0.1) is 0 Å². The van der Waals surface area contributed by atoms with Gasteiger partial charge in [0.2, 0.25) is 5.91 Å². The second kappa shape index (κ2) is 8.08. The van der Waals surface area contributed by atoms with Crippen LogP contribution in [-0.2, 0) is 17.8 Å². The molecule has 0 radical (unpaired) electrons. The molecule has 124 valence electrons. The fourth-order valence-corrected chi connectivity index (χ4v) is 2.76. The second-order valence-corrected chi connectivity index (χ2v) is 5.57. The largest absolute Gasteiger partial charge is 0.330 e. The van der Waals surface area contributed by atoms with E-state index in [-0.39, 0.29) is 18.3 Å². The molecule has 1 aliphatic heterocycles. The number of nitrogens with two attached hydrogens (primary N) is 1. The molecule has 2 aromatic rings. The van der Waals surface area contributed by atoms with Gasteiger partial charge in [-0.2, -0.15) is 0 Å². The molecule has 0 bridgehead atoms. The zero-order valence-electron chi connectivity index (χ0n) is 13.0. The van der Waals surface area contributed by atoms with Gasteiger partial charge in [-0.3, -0.25) is 4.79 Å². The Labute approximate surface area is 141 Å². The van der Waals surface area contributed by atoms with Crippen molar-refractivity contribution in [2.45, 2.75) is 38.6 Å². The van der Waals surface area contributed by atoms with Crippen molar-refractivity contribution < 1.29 is 4.79 Å². The van der Waals surface area contributed by atoms with E-state index in [9.17, 15) is 4.79 Å². The first-order valence-electron chi connectivity index (χ1n) is 7.80. The van der Waals surface area contributed by atoms with Crippen molar-refractivity contribution in [1.29, 1.82) is 0 Å². The average Bonchev–Trinajstić information content (AvgIpc) is 2.77. The fourth-order valence-electron chi connectivity index (χ4n) is 2.76. The van der Waals surface area contributed by atoms with E-state index in [1.165, 1.54) is 19.3 Å². The lowest BCUT2D eigenvalue weighted by Gasteiger charge is -2.08. The molecule has 7 heteroatoms. The van der Waals surface area contributed by atoms with Gasteiger partial charge in [0.05, 0.1) is 0 Å². The number of carbonyl (C=O) groups excluding carboxylic acids is 1. The summed E-state index contributed by atoms with van der Waals surface area (Å²) in [5.41, 5.74) is 7.17. The second-order valence-electron chi connectivity index (χ2n) is 5.57. The molecule has 6 nitrogen and oxygen atoms in total. The summed E-state index contributed by atoms with van der Waals surface area (Å²) < 4.78 is 2.22. The minimum atomic E-state index is -0.0633. The van der Waals surface area contributed by atoms with E-state index < -0.39 is 0 Å². The molecular weight excluding hydrogens is 314 g/mol. The van der Waals surface area contributed by atoms with Crippen molar-refractivity contribution in [3.8, 4) is 11.4 Å². The Hall–Kier alpha value is -1.92. The first kappa shape index (κ1) is 17.4. The molecular formula is C16H22ClN5O. The fraction of sp³-hybridized carbons (Fsp3) is 0.438. The zero-order valence-corrected chi connectivity index (χ0v) is 13.8. The maximum absolute atomic E-state index is 11.5. The third-order valence-electron chi connectivity index (χ3n) is 3.91. The molecule has 0 fully saturated rings. The van der Waals surface area contributed by atoms with Crippen molar-refractivity contribution in [1.82, 2.24) is 14.8 Å². The van der Waals surface area contributed by atoms with Crippen molar-refractivity contribution >= 4 is 24.0 Å². The third-order valence-corrected chi connectivity index (χ3v) is 3.91. The quantitative estimate of drug-likeness (QED) is 0.898. The van der Waals surface area contributed by atoms with Crippen LogP contribution in [0.25, 0.3) is 11.4 Å². The highest BCUT2D eigenvalue weighted by Crippen LogP contribution is 2.23. The summed E-state index contributed by atoms with van der Waals surface area (Å²) in [5.74, 6) is 1.93. The van der Waals surface area contributed by atoms with Gasteiger partial charge >= 0.3 is 0 Å². The summed E-state index contributed by atoms with van der Waals surface area (Å²) in [4.78, 5) is 11.5. The van der Waals surface area contributed by atoms with E-state index in [1.807, 2.05) is 24.3 Å². The lowest BCUT2D eigenvalue weighted by atomic mass is 10.2. The zero-order chi connectivity index (χ0) is 15.4. The number of nitrogens with zero attached hydrogens (tertiary/aromatic N) is 3. The van der Waals surface area contributed by atoms with Crippen LogP contribution in [0.3, 0.4) is 0 Å². The Morgan fingerprint density at radius 1 is 1.17 bits per heavy atom. The minimum absolute atomic E-state index is 0. The van der Waals surface area contributed by atoms with E-state index in [1.54, 1.807) is 0 Å². The number of hydrogen-bond acceptors (Lipinski definition) is 4. The van der Waals surface area contributed by atoms with E-state index >= 15 is 0 Å². The number of nitrogens with one attached hydrogen (secondary N) is 1. The highest BCUT2D eigenvalue weighted by Gasteiger charge is 2.15. The normalized spacial score (nSPS) is 13.6. The summed E-state index contributed by atoms with van der Waals surface area (Å²) in [6.07, 6.45) is 4.93. The van der Waals surface area contributed by atoms with E-state index in [2.05, 4.69) is 20.1 Å². The predicted molar refractivity (Wildman–Crippen MR) is 92.6 cm³/mol. The van der Waals surface area contributed by atoms with Crippen molar-refractivity contribution in [2.75, 3.05) is 11.9 Å². The number of carbonyl (C=O) groups is 1. The number of aryl methyl sites for hydroxylation is 1. The molecule has 0 spiro atoms. The van der Waals surface area contributed by atoms with E-state index in [0.29, 0.717) is 13.0 Å². The van der Waals surface area contributed by atoms with Gasteiger partial charge in [-0.1, -0.05) is 6.42 Å². The van der Waals surface area contributed by atoms with Crippen molar-refractivity contribution in [2.24, 2.45) is 5.73 Å². The van der Waals surface area contributed by atoms with Crippen molar-refractivity contribution in [3.05, 3.63) is 30.1 Å². The van der Waals surface area contributed by atoms with Crippen LogP contribution in [0.4, 0.5) is 5.69 Å². The molecule has 0 saturated carbocycles. The van der Waals surface area contributed by atoms with Gasteiger partial charge in [-0.05, 0) is 37.1 Å². The third kappa shape index (κ3) is 4.09. The van der Waals surface area contributed by atoms with E-state index in [0.717, 1.165) is 35.9 Å². The first-order chi connectivity index (χ1) is 10.8. The Morgan fingerprint density at radius 3 is 2.70 bits per heavy atom. The number of fused-ring (bicyclic) bond motifs is 1. The van der Waals surface area contributed by atoms with Crippen LogP contribution in [0.2, 0.25) is 0 Å². The number of aromatic nitrogens is 3. The predicted octanol–water partition coefficient (Wildman–Crippen LogP) is 2.38. The SMILES string of the molecule is Cl.NCCC(=O)Nc1ccc(-c2nnc3n2CCCCC3)cc1. The number of hydrogen-bond donors (Lipinski definition) is 2. The van der Waals surface area contributed by atoms with Gasteiger partial charge in [0.1, 0.15) is 5.82 Å². The average molecular weight is 336 g/mol. The molecule has 1 aliphatic rings. The molecule has 0 unspecified atom stereocenters. The van der Waals surface area contributed by atoms with Gasteiger partial charge in [-0.25, -0.2) is 0 Å². The summed E-state index contributed by atoms with van der Waals surface area (Å²) >= 11 is 0. The Bertz CT molecular complexity index is 653. The molecule has 3 rings (SSSR count). The van der Waals surface area contributed by atoms with Crippen LogP contribution in [0.1, 0.15) is 31.5 Å². The Morgan fingerprint density at radius 2 is 1.96 bits per heavy atom. The van der Waals surface area contributed by atoms with Crippen LogP contribution < -0.4 is 11.1 Å². The van der Waals surface area contributed by atoms with Gasteiger partial charge in [0.15, 0.2) is 5.82 Å². The lowest BCUT2D eigenvalue weighted by molar-refractivity contribution is -0.116. The molecule has 2 heterocycles. The lowest BCUT2D eigenvalue weighted by Crippen LogP contribution is -2.16. The number of amides is 1. The highest BCUT2D eigenvalue weighted by atomic mass is 35.5. The first-order valence-corrected chi connectivity index (χ1v) is 7.80. The number of halogens is 1. The molecule has 0 atom stereocenters. The van der Waals surface area contributed by atoms with Gasteiger partial charge < -0.3 is 15.6 Å². The molecule has 1 amide bonds. The summed E-state index contributed by atoms with van der Waals surface area (Å²) in [5, 5.41) is 11.5. The number of rotatable bonds is 4. The maximum atomic E-state index is 11.5. The highest BCUT2D eigenvalue weighted by molar-refractivity contribution is 5.91. The monoisotopic (exact) mass is 335 g/mol. The van der Waals surface area contributed by atoms with Crippen molar-refractivity contribution in [3.63, 3.8) is 0 Å². The van der Waals surface area contributed by atoms with Gasteiger partial charge in [-0.15, -0.1) is 22.6 Å². The summed E-state index contributed by atoms with van der Waals surface area (Å²) in [6.45, 7) is 1.34. The number of benzene rings is 1. The van der Waals surface area contributed by atoms with Crippen LogP contribution >= 0.6 is 12.4 Å². The Kier molecular flexibility index (Phi) is 6.12. The van der Waals surface area contributed by atoms with E-state index in [4.69, 9.17) is 5.73 Å². The van der Waals surface area contributed by atoms with Gasteiger partial charge in [0, 0.05) is 37.2 Å². The minimum Gasteiger partial charge on any atom is -0.330 e. The smallest absolute Gasteiger partial charge is 0.225 e. The summed E-state index contributed by atoms with van der Waals surface area (Å²) in [6, 6.07) is 7.73. The standard InChI is InChI=1S/C16H21N5O.ClH/c17-10-9-15(22)18-13-7-5-12(6-8-13)16-20-19-14-4-2-1-3-11-21(14)16;/h5-8H,1-4,9-11,17H2,(H,18,22);1H. The van der Waals surface area contributed by atoms with Crippen LogP contribution in [0.5, 0.6) is 0 Å². The molecule has 3 N–H and O–H groups in total. The topological polar surface area (TPSA) is 85.8 Å². The molecule has 23 heavy (non-hydrogen) atoms. The Balaban J connectivity index is 0.00000192. The molecule has 1 aromatic carbocycles. The summed E-state index contributed by atoms with van der Waals surface area (Å²) in [7, 11) is 0. The molecule has 0 saturated heterocycles. The number of anilines is 1. The van der Waals surface area contributed by atoms with Crippen LogP contribution in [0.15, 0.2) is 24.3 Å². The molecule has 1 aromatic heterocycles. The maximum Gasteiger partial charge on any atom is 0.225 e. The molecule has 0 aliphatic carbocycles. The van der Waals surface area contributed by atoms with Crippen LogP contribution in [-0.4, -0.2) is 27.2 Å².